The van der Waals surface area contributed by atoms with Crippen LogP contribution < -0.4 is 0 Å². The molecule has 3 unspecified atom stereocenters. The fourth-order valence-corrected chi connectivity index (χ4v) is 5.03. The van der Waals surface area contributed by atoms with Crippen LogP contribution in [0.25, 0.3) is 0 Å². The van der Waals surface area contributed by atoms with Gasteiger partial charge in [0.15, 0.2) is 9.84 Å². The van der Waals surface area contributed by atoms with Crippen LogP contribution in [0.4, 0.5) is 4.39 Å². The molecule has 1 aromatic carbocycles. The topological polar surface area (TPSA) is 80.7 Å². The van der Waals surface area contributed by atoms with Crippen molar-refractivity contribution in [1.29, 1.82) is 0 Å². The summed E-state index contributed by atoms with van der Waals surface area (Å²) in [6.45, 7) is 1.28. The van der Waals surface area contributed by atoms with Gasteiger partial charge < -0.3 is 9.84 Å². The molecule has 1 fully saturated rings. The summed E-state index contributed by atoms with van der Waals surface area (Å²) in [5, 5.41) is 8.49. The Balaban J connectivity index is 2.51. The zero-order chi connectivity index (χ0) is 15.8. The number of aliphatic carboxylic acids is 1. The lowest BCUT2D eigenvalue weighted by Crippen LogP contribution is -2.29. The maximum absolute atomic E-state index is 13.0. The van der Waals surface area contributed by atoms with Crippen molar-refractivity contribution in [3.63, 3.8) is 0 Å². The van der Waals surface area contributed by atoms with Crippen LogP contribution in [0.1, 0.15) is 18.4 Å². The summed E-state index contributed by atoms with van der Waals surface area (Å²) < 4.78 is 42.4. The molecular formula is C14H17FO5S. The van der Waals surface area contributed by atoms with Crippen LogP contribution >= 0.6 is 0 Å². The van der Waals surface area contributed by atoms with Gasteiger partial charge in [0.2, 0.25) is 0 Å². The molecule has 116 valence electrons. The number of halogens is 1. The van der Waals surface area contributed by atoms with Gasteiger partial charge in [0.1, 0.15) is 11.2 Å². The average Bonchev–Trinajstić information content (AvgIpc) is 3.11. The normalized spacial score (nSPS) is 28.3. The Labute approximate surface area is 122 Å². The lowest BCUT2D eigenvalue weighted by Gasteiger charge is -2.11. The summed E-state index contributed by atoms with van der Waals surface area (Å²) in [7, 11) is -2.23. The molecule has 0 heterocycles. The molecule has 0 bridgehead atoms. The van der Waals surface area contributed by atoms with E-state index in [9.17, 15) is 22.7 Å². The molecule has 21 heavy (non-hydrogen) atoms. The van der Waals surface area contributed by atoms with Gasteiger partial charge in [-0.3, -0.25) is 4.79 Å². The Hall–Kier alpha value is -1.47. The van der Waals surface area contributed by atoms with Crippen molar-refractivity contribution in [2.45, 2.75) is 18.1 Å². The van der Waals surface area contributed by atoms with E-state index in [1.54, 1.807) is 0 Å². The lowest BCUT2D eigenvalue weighted by atomic mass is 10.00. The minimum atomic E-state index is -3.56. The molecule has 3 atom stereocenters. The maximum atomic E-state index is 13.0. The number of sulfone groups is 1. The Morgan fingerprint density at radius 1 is 1.38 bits per heavy atom. The van der Waals surface area contributed by atoms with E-state index in [-0.39, 0.29) is 12.4 Å². The molecule has 0 radical (unpaired) electrons. The summed E-state index contributed by atoms with van der Waals surface area (Å²) in [4.78, 5) is 11.7. The predicted molar refractivity (Wildman–Crippen MR) is 74.3 cm³/mol. The first kappa shape index (κ1) is 15.9. The van der Waals surface area contributed by atoms with Crippen molar-refractivity contribution in [1.82, 2.24) is 0 Å². The quantitative estimate of drug-likeness (QED) is 0.859. The van der Waals surface area contributed by atoms with Crippen molar-refractivity contribution in [3.05, 3.63) is 35.6 Å². The Bertz CT molecular complexity index is 640. The second-order valence-electron chi connectivity index (χ2n) is 5.18. The molecule has 0 aromatic heterocycles. The van der Waals surface area contributed by atoms with Crippen LogP contribution in [-0.2, 0) is 19.4 Å². The zero-order valence-corrected chi connectivity index (χ0v) is 12.6. The SMILES string of the molecule is CCS(=O)(=O)C1C(c2ccc(F)cc2)C1(COC)C(=O)O. The third-order valence-corrected chi connectivity index (χ3v) is 6.33. The number of carboxylic acid groups (broad SMARTS) is 1. The molecule has 0 aliphatic heterocycles. The lowest BCUT2D eigenvalue weighted by molar-refractivity contribution is -0.145. The van der Waals surface area contributed by atoms with Gasteiger partial charge in [0.25, 0.3) is 0 Å². The van der Waals surface area contributed by atoms with Crippen molar-refractivity contribution < 1.29 is 27.4 Å². The van der Waals surface area contributed by atoms with E-state index in [1.807, 2.05) is 0 Å². The van der Waals surface area contributed by atoms with E-state index in [0.29, 0.717) is 5.56 Å². The van der Waals surface area contributed by atoms with E-state index < -0.39 is 38.2 Å². The van der Waals surface area contributed by atoms with Crippen molar-refractivity contribution in [2.75, 3.05) is 19.5 Å². The van der Waals surface area contributed by atoms with E-state index in [1.165, 1.54) is 38.3 Å². The zero-order valence-electron chi connectivity index (χ0n) is 11.7. The summed E-state index contributed by atoms with van der Waals surface area (Å²) in [5.41, 5.74) is -1.00. The monoisotopic (exact) mass is 316 g/mol. The molecule has 1 aliphatic carbocycles. The fourth-order valence-electron chi connectivity index (χ4n) is 2.98. The second kappa shape index (κ2) is 5.38. The molecule has 1 N–H and O–H groups in total. The Morgan fingerprint density at radius 2 is 1.95 bits per heavy atom. The number of carbonyl (C=O) groups is 1. The van der Waals surface area contributed by atoms with Gasteiger partial charge in [0, 0.05) is 18.8 Å². The van der Waals surface area contributed by atoms with Gasteiger partial charge in [-0.1, -0.05) is 19.1 Å². The first-order valence-corrected chi connectivity index (χ1v) is 8.22. The van der Waals surface area contributed by atoms with E-state index >= 15 is 0 Å². The molecule has 7 heteroatoms. The van der Waals surface area contributed by atoms with Crippen LogP contribution in [-0.4, -0.2) is 44.2 Å². The maximum Gasteiger partial charge on any atom is 0.314 e. The van der Waals surface area contributed by atoms with E-state index in [4.69, 9.17) is 4.74 Å². The number of rotatable bonds is 6. The molecule has 1 aromatic rings. The van der Waals surface area contributed by atoms with Crippen molar-refractivity contribution >= 4 is 15.8 Å². The Kier molecular flexibility index (Phi) is 4.08. The molecule has 5 nitrogen and oxygen atoms in total. The van der Waals surface area contributed by atoms with Gasteiger partial charge in [-0.15, -0.1) is 0 Å². The van der Waals surface area contributed by atoms with Crippen LogP contribution in [0.5, 0.6) is 0 Å². The third kappa shape index (κ3) is 2.44. The summed E-state index contributed by atoms with van der Waals surface area (Å²) in [6, 6.07) is 5.25. The largest absolute Gasteiger partial charge is 0.481 e. The van der Waals surface area contributed by atoms with Crippen molar-refractivity contribution in [2.24, 2.45) is 5.41 Å². The highest BCUT2D eigenvalue weighted by Gasteiger charge is 2.75. The molecule has 2 rings (SSSR count). The third-order valence-electron chi connectivity index (χ3n) is 4.06. The van der Waals surface area contributed by atoms with E-state index in [0.717, 1.165) is 0 Å². The summed E-state index contributed by atoms with van der Waals surface area (Å²) >= 11 is 0. The average molecular weight is 316 g/mol. The number of ether oxygens (including phenoxy) is 1. The van der Waals surface area contributed by atoms with E-state index in [2.05, 4.69) is 0 Å². The summed E-state index contributed by atoms with van der Waals surface area (Å²) in [6.07, 6.45) is 0. The molecule has 1 saturated carbocycles. The number of methoxy groups -OCH3 is 1. The minimum absolute atomic E-state index is 0.145. The second-order valence-corrected chi connectivity index (χ2v) is 7.59. The number of carboxylic acids is 1. The molecule has 1 aliphatic rings. The van der Waals surface area contributed by atoms with Crippen LogP contribution in [0.2, 0.25) is 0 Å². The van der Waals surface area contributed by atoms with Gasteiger partial charge in [-0.2, -0.15) is 0 Å². The van der Waals surface area contributed by atoms with Gasteiger partial charge in [0.05, 0.1) is 11.9 Å². The standard InChI is InChI=1S/C14H17FO5S/c1-3-21(18,19)12-11(9-4-6-10(15)7-5-9)14(12,8-20-2)13(16)17/h4-7,11-12H,3,8H2,1-2H3,(H,16,17). The first-order valence-electron chi connectivity index (χ1n) is 6.50. The Morgan fingerprint density at radius 3 is 2.38 bits per heavy atom. The van der Waals surface area contributed by atoms with Crippen LogP contribution in [0.15, 0.2) is 24.3 Å². The molecule has 0 saturated heterocycles. The number of benzene rings is 1. The molecule has 0 spiro atoms. The van der Waals surface area contributed by atoms with Crippen LogP contribution in [0, 0.1) is 11.2 Å². The molecular weight excluding hydrogens is 299 g/mol. The van der Waals surface area contributed by atoms with Crippen molar-refractivity contribution in [3.8, 4) is 0 Å². The fraction of sp³-hybridized carbons (Fsp3) is 0.500. The number of hydrogen-bond acceptors (Lipinski definition) is 4. The highest BCUT2D eigenvalue weighted by atomic mass is 32.2. The van der Waals surface area contributed by atoms with Gasteiger partial charge >= 0.3 is 5.97 Å². The van der Waals surface area contributed by atoms with Gasteiger partial charge in [-0.25, -0.2) is 12.8 Å². The highest BCUT2D eigenvalue weighted by Crippen LogP contribution is 2.63. The summed E-state index contributed by atoms with van der Waals surface area (Å²) in [5.74, 6) is -2.53. The highest BCUT2D eigenvalue weighted by molar-refractivity contribution is 7.92. The molecule has 0 amide bonds. The minimum Gasteiger partial charge on any atom is -0.481 e. The number of hydrogen-bond donors (Lipinski definition) is 1. The van der Waals surface area contributed by atoms with Crippen LogP contribution in [0.3, 0.4) is 0 Å². The smallest absolute Gasteiger partial charge is 0.314 e. The first-order chi connectivity index (χ1) is 9.81. The predicted octanol–water partition coefficient (Wildman–Crippen LogP) is 1.44. The van der Waals surface area contributed by atoms with Gasteiger partial charge in [-0.05, 0) is 17.7 Å².